The van der Waals surface area contributed by atoms with Gasteiger partial charge in [-0.05, 0) is 37.6 Å². The molecular weight excluding hydrogens is 266 g/mol. The van der Waals surface area contributed by atoms with Gasteiger partial charge in [0.2, 0.25) is 0 Å². The van der Waals surface area contributed by atoms with E-state index in [0.29, 0.717) is 18.6 Å². The monoisotopic (exact) mass is 283 g/mol. The molecule has 0 spiro atoms. The Hall–Kier alpha value is -2.56. The summed E-state index contributed by atoms with van der Waals surface area (Å²) in [5.74, 6) is -0.316. The van der Waals surface area contributed by atoms with E-state index in [0.717, 1.165) is 22.3 Å². The first kappa shape index (κ1) is 13.4. The third-order valence-corrected chi connectivity index (χ3v) is 3.42. The van der Waals surface area contributed by atoms with Crippen molar-refractivity contribution in [2.45, 2.75) is 20.3 Å². The quantitative estimate of drug-likeness (QED) is 0.748. The Labute approximate surface area is 122 Å². The highest BCUT2D eigenvalue weighted by atomic mass is 16.5. The highest BCUT2D eigenvalue weighted by molar-refractivity contribution is 5.90. The first-order valence-corrected chi connectivity index (χ1v) is 7.06. The predicted octanol–water partition coefficient (Wildman–Crippen LogP) is 3.09. The maximum Gasteiger partial charge on any atom is 0.341 e. The Morgan fingerprint density at radius 3 is 2.95 bits per heavy atom. The number of aromatic nitrogens is 3. The zero-order valence-corrected chi connectivity index (χ0v) is 12.1. The predicted molar refractivity (Wildman–Crippen MR) is 80.8 cm³/mol. The molecule has 21 heavy (non-hydrogen) atoms. The number of hydrogen-bond acceptors (Lipinski definition) is 3. The van der Waals surface area contributed by atoms with Gasteiger partial charge in [-0.1, -0.05) is 6.92 Å². The van der Waals surface area contributed by atoms with Gasteiger partial charge in [0.05, 0.1) is 18.0 Å². The van der Waals surface area contributed by atoms with Crippen molar-refractivity contribution in [1.82, 2.24) is 14.8 Å². The van der Waals surface area contributed by atoms with Gasteiger partial charge in [0.15, 0.2) is 0 Å². The molecule has 2 aromatic heterocycles. The maximum absolute atomic E-state index is 12.0. The fourth-order valence-corrected chi connectivity index (χ4v) is 2.37. The van der Waals surface area contributed by atoms with Crippen molar-refractivity contribution < 1.29 is 9.53 Å². The largest absolute Gasteiger partial charge is 0.462 e. The third kappa shape index (κ3) is 2.42. The summed E-state index contributed by atoms with van der Waals surface area (Å²) in [4.78, 5) is 15.1. The van der Waals surface area contributed by atoms with Crippen molar-refractivity contribution >= 4 is 16.9 Å². The standard InChI is InChI=1S/C16H17N3O2/c1-3-14-13(16(20)21-4-2)10-19(18-14)12-5-6-15-11(9-12)7-8-17-15/h5-10,17H,3-4H2,1-2H3. The molecule has 0 saturated heterocycles. The van der Waals surface area contributed by atoms with Gasteiger partial charge in [0, 0.05) is 23.3 Å². The Morgan fingerprint density at radius 2 is 2.19 bits per heavy atom. The number of esters is 1. The molecule has 1 N–H and O–H groups in total. The summed E-state index contributed by atoms with van der Waals surface area (Å²) in [6.45, 7) is 4.14. The van der Waals surface area contributed by atoms with Gasteiger partial charge in [0.1, 0.15) is 5.56 Å². The number of ether oxygens (including phenoxy) is 1. The van der Waals surface area contributed by atoms with Crippen molar-refractivity contribution in [2.75, 3.05) is 6.61 Å². The van der Waals surface area contributed by atoms with Crippen LogP contribution < -0.4 is 0 Å². The number of nitrogens with one attached hydrogen (secondary N) is 1. The molecule has 3 rings (SSSR count). The van der Waals surface area contributed by atoms with Crippen LogP contribution in [0.25, 0.3) is 16.6 Å². The second-order valence-corrected chi connectivity index (χ2v) is 4.76. The molecule has 0 amide bonds. The van der Waals surface area contributed by atoms with Crippen LogP contribution >= 0.6 is 0 Å². The van der Waals surface area contributed by atoms with Crippen LogP contribution in [-0.2, 0) is 11.2 Å². The van der Waals surface area contributed by atoms with Gasteiger partial charge in [0.25, 0.3) is 0 Å². The van der Waals surface area contributed by atoms with Crippen molar-refractivity contribution in [3.8, 4) is 5.69 Å². The van der Waals surface area contributed by atoms with Gasteiger partial charge in [-0.3, -0.25) is 0 Å². The Kier molecular flexibility index (Phi) is 3.48. The van der Waals surface area contributed by atoms with Crippen LogP contribution in [-0.4, -0.2) is 27.3 Å². The van der Waals surface area contributed by atoms with E-state index in [1.807, 2.05) is 37.4 Å². The number of benzene rings is 1. The summed E-state index contributed by atoms with van der Waals surface area (Å²) in [5, 5.41) is 5.61. The second-order valence-electron chi connectivity index (χ2n) is 4.76. The summed E-state index contributed by atoms with van der Waals surface area (Å²) >= 11 is 0. The average molecular weight is 283 g/mol. The lowest BCUT2D eigenvalue weighted by Crippen LogP contribution is -2.05. The zero-order valence-electron chi connectivity index (χ0n) is 12.1. The van der Waals surface area contributed by atoms with Crippen LogP contribution in [0.4, 0.5) is 0 Å². The molecule has 0 atom stereocenters. The highest BCUT2D eigenvalue weighted by Gasteiger charge is 2.16. The van der Waals surface area contributed by atoms with E-state index in [2.05, 4.69) is 10.1 Å². The number of carbonyl (C=O) groups excluding carboxylic acids is 1. The molecule has 1 aromatic carbocycles. The van der Waals surface area contributed by atoms with E-state index in [1.165, 1.54) is 0 Å². The number of fused-ring (bicyclic) bond motifs is 1. The van der Waals surface area contributed by atoms with E-state index < -0.39 is 0 Å². The van der Waals surface area contributed by atoms with Gasteiger partial charge in [-0.25, -0.2) is 9.48 Å². The minimum Gasteiger partial charge on any atom is -0.462 e. The number of carbonyl (C=O) groups is 1. The van der Waals surface area contributed by atoms with Gasteiger partial charge in [-0.15, -0.1) is 0 Å². The number of rotatable bonds is 4. The van der Waals surface area contributed by atoms with E-state index in [1.54, 1.807) is 17.8 Å². The normalized spacial score (nSPS) is 11.0. The molecule has 0 aliphatic heterocycles. The van der Waals surface area contributed by atoms with E-state index in [9.17, 15) is 4.79 Å². The van der Waals surface area contributed by atoms with E-state index >= 15 is 0 Å². The van der Waals surface area contributed by atoms with Crippen LogP contribution in [0.5, 0.6) is 0 Å². The Morgan fingerprint density at radius 1 is 1.33 bits per heavy atom. The lowest BCUT2D eigenvalue weighted by Gasteiger charge is -2.01. The summed E-state index contributed by atoms with van der Waals surface area (Å²) in [5.41, 5.74) is 3.29. The number of aryl methyl sites for hydroxylation is 1. The molecule has 0 aliphatic carbocycles. The minimum absolute atomic E-state index is 0.316. The topological polar surface area (TPSA) is 59.9 Å². The average Bonchev–Trinajstić information content (AvgIpc) is 3.13. The molecule has 0 saturated carbocycles. The van der Waals surface area contributed by atoms with Crippen LogP contribution in [0, 0.1) is 0 Å². The van der Waals surface area contributed by atoms with Gasteiger partial charge >= 0.3 is 5.97 Å². The van der Waals surface area contributed by atoms with E-state index in [4.69, 9.17) is 4.74 Å². The molecule has 3 aromatic rings. The lowest BCUT2D eigenvalue weighted by atomic mass is 10.2. The Balaban J connectivity index is 2.03. The lowest BCUT2D eigenvalue weighted by molar-refractivity contribution is 0.0525. The zero-order chi connectivity index (χ0) is 14.8. The van der Waals surface area contributed by atoms with Crippen molar-refractivity contribution in [1.29, 1.82) is 0 Å². The van der Waals surface area contributed by atoms with Crippen molar-refractivity contribution in [2.24, 2.45) is 0 Å². The number of aromatic amines is 1. The second kappa shape index (κ2) is 5.44. The minimum atomic E-state index is -0.316. The molecule has 0 bridgehead atoms. The first-order chi connectivity index (χ1) is 10.2. The van der Waals surface area contributed by atoms with Crippen molar-refractivity contribution in [3.05, 3.63) is 47.9 Å². The summed E-state index contributed by atoms with van der Waals surface area (Å²) < 4.78 is 6.81. The van der Waals surface area contributed by atoms with Crippen LogP contribution in [0.15, 0.2) is 36.7 Å². The maximum atomic E-state index is 12.0. The first-order valence-electron chi connectivity index (χ1n) is 7.06. The molecule has 5 heteroatoms. The molecule has 0 fully saturated rings. The van der Waals surface area contributed by atoms with Crippen LogP contribution in [0.1, 0.15) is 29.9 Å². The fourth-order valence-electron chi connectivity index (χ4n) is 2.37. The Bertz CT molecular complexity index is 786. The van der Waals surface area contributed by atoms with Gasteiger partial charge < -0.3 is 9.72 Å². The fraction of sp³-hybridized carbons (Fsp3) is 0.250. The summed E-state index contributed by atoms with van der Waals surface area (Å²) in [6, 6.07) is 8.02. The molecule has 5 nitrogen and oxygen atoms in total. The molecule has 2 heterocycles. The third-order valence-electron chi connectivity index (χ3n) is 3.42. The molecule has 0 radical (unpaired) electrons. The summed E-state index contributed by atoms with van der Waals surface area (Å²) in [6.07, 6.45) is 4.33. The molecule has 0 aliphatic rings. The number of hydrogen-bond donors (Lipinski definition) is 1. The summed E-state index contributed by atoms with van der Waals surface area (Å²) in [7, 11) is 0. The SMILES string of the molecule is CCOC(=O)c1cn(-c2ccc3[nH]ccc3c2)nc1CC. The smallest absolute Gasteiger partial charge is 0.341 e. The number of H-pyrrole nitrogens is 1. The molecule has 0 unspecified atom stereocenters. The van der Waals surface area contributed by atoms with Crippen LogP contribution in [0.3, 0.4) is 0 Å². The van der Waals surface area contributed by atoms with Crippen LogP contribution in [0.2, 0.25) is 0 Å². The number of nitrogens with zero attached hydrogens (tertiary/aromatic N) is 2. The van der Waals surface area contributed by atoms with Crippen molar-refractivity contribution in [3.63, 3.8) is 0 Å². The highest BCUT2D eigenvalue weighted by Crippen LogP contribution is 2.19. The molecule has 108 valence electrons. The van der Waals surface area contributed by atoms with Gasteiger partial charge in [-0.2, -0.15) is 5.10 Å². The molecular formula is C16H17N3O2. The van der Waals surface area contributed by atoms with E-state index in [-0.39, 0.29) is 5.97 Å².